The summed E-state index contributed by atoms with van der Waals surface area (Å²) in [5, 5.41) is 15.6. The number of nitrogens with zero attached hydrogens (tertiary/aromatic N) is 6. The zero-order chi connectivity index (χ0) is 91.4. The van der Waals surface area contributed by atoms with Crippen molar-refractivity contribution in [3.05, 3.63) is 494 Å². The third kappa shape index (κ3) is 19.1. The molecule has 8 heterocycles. The predicted octanol–water partition coefficient (Wildman–Crippen LogP) is 34.9. The molecule has 0 aliphatic heterocycles. The Bertz CT molecular complexity index is 8330. The second-order valence-corrected chi connectivity index (χ2v) is 35.7. The van der Waals surface area contributed by atoms with Crippen LogP contribution in [-0.4, -0.2) is 29.1 Å². The molecule has 0 atom stereocenters. The molecule has 8 aromatic heterocycles. The number of rotatable bonds is 6. The Morgan fingerprint density at radius 3 is 1.24 bits per heavy atom. The summed E-state index contributed by atoms with van der Waals surface area (Å²) in [5.41, 5.74) is 26.8. The smallest absolute Gasteiger partial charge is 0.163 e. The molecule has 0 unspecified atom stereocenters. The van der Waals surface area contributed by atoms with Crippen molar-refractivity contribution in [2.24, 2.45) is 0 Å². The molecule has 10 heteroatoms. The van der Waals surface area contributed by atoms with Gasteiger partial charge in [0.25, 0.3) is 0 Å². The van der Waals surface area contributed by atoms with Crippen molar-refractivity contribution >= 4 is 151 Å². The highest BCUT2D eigenvalue weighted by Gasteiger charge is 2.17. The molecule has 8 nitrogen and oxygen atoms in total. The fourth-order valence-corrected chi connectivity index (χ4v) is 19.9. The minimum absolute atomic E-state index is 0.715. The van der Waals surface area contributed by atoms with Gasteiger partial charge in [0.15, 0.2) is 11.6 Å². The van der Waals surface area contributed by atoms with Crippen LogP contribution in [-0.2, 0) is 0 Å². The van der Waals surface area contributed by atoms with E-state index in [9.17, 15) is 0 Å². The maximum absolute atomic E-state index is 5.78. The molecule has 26 rings (SSSR count). The number of pyridine rings is 1. The molecule has 0 spiro atoms. The van der Waals surface area contributed by atoms with Gasteiger partial charge in [-0.2, -0.15) is 0 Å². The first-order chi connectivity index (χ1) is 65.8. The summed E-state index contributed by atoms with van der Waals surface area (Å²) in [4.78, 5) is 18.1. The van der Waals surface area contributed by atoms with Gasteiger partial charge < -0.3 is 18.0 Å². The van der Waals surface area contributed by atoms with Crippen molar-refractivity contribution in [1.82, 2.24) is 29.1 Å². The number of benzene rings is 18. The number of aryl methyl sites for hydroxylation is 8. The molecule has 0 saturated heterocycles. The lowest BCUT2D eigenvalue weighted by Crippen LogP contribution is -1.99. The van der Waals surface area contributed by atoms with Gasteiger partial charge in [0, 0.05) is 117 Å². The van der Waals surface area contributed by atoms with Crippen molar-refractivity contribution in [2.45, 2.75) is 55.4 Å². The van der Waals surface area contributed by atoms with E-state index in [4.69, 9.17) is 13.8 Å². The normalized spacial score (nSPS) is 11.0. The van der Waals surface area contributed by atoms with Crippen molar-refractivity contribution in [1.29, 1.82) is 0 Å². The summed E-state index contributed by atoms with van der Waals surface area (Å²) in [6, 6.07) is 156. The molecule has 18 aromatic carbocycles. The van der Waals surface area contributed by atoms with E-state index in [1.165, 1.54) is 156 Å². The second-order valence-electron chi connectivity index (χ2n) is 33.6. The lowest BCUT2D eigenvalue weighted by Gasteiger charge is -2.08. The minimum Gasteiger partial charge on any atom is -0.456 e. The minimum atomic E-state index is 0.715. The molecule has 648 valence electrons. The van der Waals surface area contributed by atoms with Gasteiger partial charge in [-0.1, -0.05) is 357 Å². The van der Waals surface area contributed by atoms with Crippen LogP contribution < -0.4 is 0 Å². The van der Waals surface area contributed by atoms with E-state index in [1.807, 2.05) is 145 Å². The highest BCUT2D eigenvalue weighted by molar-refractivity contribution is 7.26. The number of hydrogen-bond donors (Lipinski definition) is 0. The first-order valence-corrected chi connectivity index (χ1v) is 46.9. The van der Waals surface area contributed by atoms with Crippen LogP contribution in [0.5, 0.6) is 0 Å². The summed E-state index contributed by atoms with van der Waals surface area (Å²) in [6.07, 6.45) is 0. The molecular formula is C124H98N6O2S2. The topological polar surface area (TPSA) is 87.7 Å². The van der Waals surface area contributed by atoms with Crippen LogP contribution in [0.2, 0.25) is 0 Å². The zero-order valence-corrected chi connectivity index (χ0v) is 77.7. The molecule has 134 heavy (non-hydrogen) atoms. The van der Waals surface area contributed by atoms with Crippen LogP contribution in [0, 0.1) is 55.4 Å². The third-order valence-corrected chi connectivity index (χ3v) is 26.4. The Morgan fingerprint density at radius 1 is 0.216 bits per heavy atom. The van der Waals surface area contributed by atoms with Gasteiger partial charge in [0.1, 0.15) is 28.2 Å². The third-order valence-electron chi connectivity index (χ3n) is 24.0. The standard InChI is InChI=1S/2C19H15N.C18H15N.C16H13N3.2C13H10O.2C13H10S/c1-14-8-7-12-17-16-11-5-6-13-18(16)20(19(14)17)15-9-3-2-4-10-15;1-14-11-12-17-16-9-5-6-10-18(16)20(19(17)13-14)15-7-3-2-4-8-15;1-14-7-5-10-16(13-14)18-12-6-11-17(19-18)15-8-3-2-4-9-15;1-12-17-15(13-8-4-2-5-9-13)19-16(18-12)14-10-6-3-7-11-14;1-9-5-4-7-11-10-6-2-3-8-12(10)14-13(9)11;1-9-6-7-11-10-4-2-3-5-12(10)14-13(11)8-9;1-9-5-4-7-11-10-6-2-3-8-12(10)14-13(9)11;1-9-6-7-11-10-4-2-3-5-12(10)14-13(11)8-9/h2*2-13H,1H3;2-13H,1H3;2-11H,1H3;4*2-8H,1H3. The molecule has 0 N–H and O–H groups in total. The van der Waals surface area contributed by atoms with E-state index >= 15 is 0 Å². The molecule has 0 aliphatic carbocycles. The van der Waals surface area contributed by atoms with E-state index in [0.29, 0.717) is 11.6 Å². The predicted molar refractivity (Wildman–Crippen MR) is 571 cm³/mol. The number of fused-ring (bicyclic) bond motifs is 18. The molecule has 0 bridgehead atoms. The summed E-state index contributed by atoms with van der Waals surface area (Å²) in [7, 11) is 0. The van der Waals surface area contributed by atoms with E-state index in [0.717, 1.165) is 61.8 Å². The van der Waals surface area contributed by atoms with Crippen molar-refractivity contribution in [2.75, 3.05) is 0 Å². The van der Waals surface area contributed by atoms with Crippen LogP contribution in [0.1, 0.15) is 44.8 Å². The van der Waals surface area contributed by atoms with Gasteiger partial charge in [0.2, 0.25) is 0 Å². The van der Waals surface area contributed by atoms with Crippen LogP contribution in [0.3, 0.4) is 0 Å². The number of hydrogen-bond acceptors (Lipinski definition) is 8. The first-order valence-electron chi connectivity index (χ1n) is 45.3. The lowest BCUT2D eigenvalue weighted by atomic mass is 10.1. The number of thiophene rings is 2. The maximum atomic E-state index is 5.78. The summed E-state index contributed by atoms with van der Waals surface area (Å²) < 4.78 is 21.8. The maximum Gasteiger partial charge on any atom is 0.163 e. The van der Waals surface area contributed by atoms with E-state index in [2.05, 4.69) is 406 Å². The highest BCUT2D eigenvalue weighted by Crippen LogP contribution is 2.40. The Kier molecular flexibility index (Phi) is 26.0. The van der Waals surface area contributed by atoms with Crippen molar-refractivity contribution < 1.29 is 8.83 Å². The van der Waals surface area contributed by atoms with Crippen LogP contribution in [0.15, 0.2) is 458 Å². The van der Waals surface area contributed by atoms with Crippen molar-refractivity contribution in [3.63, 3.8) is 0 Å². The Labute approximate surface area is 788 Å². The SMILES string of the molecule is Cc1ccc2c(c1)oc1ccccc12.Cc1ccc2c(c1)sc1ccccc12.Cc1ccc2c3ccccc3n(-c3ccccc3)c2c1.Cc1cccc(-c2cccc(-c3ccccc3)n2)c1.Cc1cccc2c1oc1ccccc12.Cc1cccc2c1sc1ccccc12.Cc1cccc2c3ccccc3n(-c3ccccc3)c12.Cc1nc(-c2ccccc2)nc(-c2ccccc2)n1. The van der Waals surface area contributed by atoms with E-state index in [1.54, 1.807) is 0 Å². The average molecular weight is 1770 g/mol. The number of furan rings is 2. The van der Waals surface area contributed by atoms with Gasteiger partial charge in [-0.15, -0.1) is 22.7 Å². The molecule has 0 saturated carbocycles. The van der Waals surface area contributed by atoms with Crippen LogP contribution in [0.4, 0.5) is 0 Å². The molecule has 0 radical (unpaired) electrons. The molecule has 0 amide bonds. The van der Waals surface area contributed by atoms with E-state index in [-0.39, 0.29) is 0 Å². The monoisotopic (exact) mass is 1770 g/mol. The quantitative estimate of drug-likeness (QED) is 0.165. The Hall–Kier alpha value is -16.2. The molecule has 0 aliphatic rings. The van der Waals surface area contributed by atoms with Crippen LogP contribution >= 0.6 is 22.7 Å². The van der Waals surface area contributed by atoms with Crippen molar-refractivity contribution in [3.8, 4) is 56.7 Å². The second kappa shape index (κ2) is 40.0. The Morgan fingerprint density at radius 2 is 0.612 bits per heavy atom. The van der Waals surface area contributed by atoms with E-state index < -0.39 is 0 Å². The summed E-state index contributed by atoms with van der Waals surface area (Å²) in [6.45, 7) is 16.8. The summed E-state index contributed by atoms with van der Waals surface area (Å²) >= 11 is 3.76. The summed E-state index contributed by atoms with van der Waals surface area (Å²) in [5.74, 6) is 2.16. The molecule has 26 aromatic rings. The largest absolute Gasteiger partial charge is 0.456 e. The zero-order valence-electron chi connectivity index (χ0n) is 76.0. The lowest BCUT2D eigenvalue weighted by molar-refractivity contribution is 0.666. The molecule has 0 fully saturated rings. The number of aromatic nitrogens is 6. The van der Waals surface area contributed by atoms with Gasteiger partial charge in [-0.25, -0.2) is 19.9 Å². The fourth-order valence-electron chi connectivity index (χ4n) is 17.5. The van der Waals surface area contributed by atoms with Gasteiger partial charge in [-0.05, 0) is 186 Å². The highest BCUT2D eigenvalue weighted by atomic mass is 32.1. The Balaban J connectivity index is 0.0000000990. The van der Waals surface area contributed by atoms with Crippen LogP contribution in [0.25, 0.3) is 184 Å². The average Bonchev–Trinajstić information content (AvgIpc) is 1.59. The number of para-hydroxylation sites is 8. The van der Waals surface area contributed by atoms with Gasteiger partial charge in [0.05, 0.1) is 33.5 Å². The van der Waals surface area contributed by atoms with Gasteiger partial charge >= 0.3 is 0 Å². The fraction of sp³-hybridized carbons (Fsp3) is 0.0645. The first kappa shape index (κ1) is 87.1. The van der Waals surface area contributed by atoms with Gasteiger partial charge in [-0.3, -0.25) is 0 Å². The molecular weight excluding hydrogens is 1670 g/mol.